The summed E-state index contributed by atoms with van der Waals surface area (Å²) in [6, 6.07) is 13.3. The van der Waals surface area contributed by atoms with Crippen molar-refractivity contribution in [2.45, 2.75) is 25.7 Å². The molecule has 2 N–H and O–H groups in total. The van der Waals surface area contributed by atoms with Crippen LogP contribution >= 0.6 is 11.6 Å². The topological polar surface area (TPSA) is 61.0 Å². The Bertz CT molecular complexity index is 935. The van der Waals surface area contributed by atoms with Crippen molar-refractivity contribution in [2.75, 3.05) is 18.4 Å². The molecule has 2 aromatic carbocycles. The van der Waals surface area contributed by atoms with Crippen molar-refractivity contribution in [1.29, 1.82) is 0 Å². The zero-order valence-corrected chi connectivity index (χ0v) is 15.4. The molecule has 1 aromatic heterocycles. The highest BCUT2D eigenvalue weighted by Gasteiger charge is 2.26. The molecule has 0 saturated carbocycles. The van der Waals surface area contributed by atoms with E-state index in [1.807, 2.05) is 23.1 Å². The average molecular weight is 369 g/mol. The summed E-state index contributed by atoms with van der Waals surface area (Å²) in [7, 11) is 0. The molecule has 6 heteroatoms. The quantitative estimate of drug-likeness (QED) is 0.673. The Hall–Kier alpha value is -2.53. The van der Waals surface area contributed by atoms with Gasteiger partial charge in [-0.1, -0.05) is 17.7 Å². The Morgan fingerprint density at radius 1 is 1.27 bits per heavy atom. The van der Waals surface area contributed by atoms with Gasteiger partial charge < -0.3 is 15.2 Å². The van der Waals surface area contributed by atoms with Crippen molar-refractivity contribution in [3.8, 4) is 0 Å². The van der Waals surface area contributed by atoms with Crippen LogP contribution in [-0.2, 0) is 0 Å². The summed E-state index contributed by atoms with van der Waals surface area (Å²) in [5, 5.41) is 3.60. The van der Waals surface area contributed by atoms with Crippen molar-refractivity contribution in [1.82, 2.24) is 14.9 Å². The molecule has 1 aliphatic rings. The van der Waals surface area contributed by atoms with Crippen molar-refractivity contribution in [3.63, 3.8) is 0 Å². The third kappa shape index (κ3) is 3.53. The third-order valence-corrected chi connectivity index (χ3v) is 5.10. The molecule has 134 valence electrons. The maximum Gasteiger partial charge on any atom is 0.321 e. The van der Waals surface area contributed by atoms with Gasteiger partial charge in [0.1, 0.15) is 5.82 Å². The van der Waals surface area contributed by atoms with Crippen LogP contribution in [0.5, 0.6) is 0 Å². The minimum atomic E-state index is -0.0796. The van der Waals surface area contributed by atoms with E-state index in [2.05, 4.69) is 29.4 Å². The largest absolute Gasteiger partial charge is 0.342 e. The van der Waals surface area contributed by atoms with Gasteiger partial charge in [0.15, 0.2) is 0 Å². The first kappa shape index (κ1) is 16.9. The van der Waals surface area contributed by atoms with E-state index in [1.165, 1.54) is 5.56 Å². The lowest BCUT2D eigenvalue weighted by atomic mass is 9.97. The van der Waals surface area contributed by atoms with Gasteiger partial charge in [-0.3, -0.25) is 0 Å². The van der Waals surface area contributed by atoms with Gasteiger partial charge in [0.25, 0.3) is 0 Å². The Morgan fingerprint density at radius 3 is 2.88 bits per heavy atom. The van der Waals surface area contributed by atoms with E-state index in [1.54, 1.807) is 12.1 Å². The summed E-state index contributed by atoms with van der Waals surface area (Å²) in [6.07, 6.45) is 2.00. The van der Waals surface area contributed by atoms with Crippen LogP contribution in [0.15, 0.2) is 42.5 Å². The number of halogens is 1. The summed E-state index contributed by atoms with van der Waals surface area (Å²) < 4.78 is 0. The summed E-state index contributed by atoms with van der Waals surface area (Å²) in [4.78, 5) is 22.6. The number of aryl methyl sites for hydroxylation is 1. The molecular weight excluding hydrogens is 348 g/mol. The van der Waals surface area contributed by atoms with Crippen LogP contribution in [0, 0.1) is 6.92 Å². The Labute approximate surface area is 157 Å². The van der Waals surface area contributed by atoms with Gasteiger partial charge in [0.05, 0.1) is 11.0 Å². The number of hydrogen-bond donors (Lipinski definition) is 2. The van der Waals surface area contributed by atoms with E-state index < -0.39 is 0 Å². The van der Waals surface area contributed by atoms with Gasteiger partial charge in [0.2, 0.25) is 0 Å². The molecule has 2 heterocycles. The lowest BCUT2D eigenvalue weighted by Crippen LogP contribution is -2.41. The second kappa shape index (κ2) is 7.00. The lowest BCUT2D eigenvalue weighted by molar-refractivity contribution is 0.191. The SMILES string of the molecule is Cc1ccc2nc(C3CCCN(C(=O)Nc4ccc(Cl)cc4)C3)[nH]c2c1. The molecule has 26 heavy (non-hydrogen) atoms. The second-order valence-corrected chi connectivity index (χ2v) is 7.30. The average Bonchev–Trinajstić information content (AvgIpc) is 3.07. The Kier molecular flexibility index (Phi) is 4.55. The van der Waals surface area contributed by atoms with Crippen molar-refractivity contribution < 1.29 is 4.79 Å². The number of nitrogens with one attached hydrogen (secondary N) is 2. The number of nitrogens with zero attached hydrogens (tertiary/aromatic N) is 2. The molecule has 0 aliphatic carbocycles. The van der Waals surface area contributed by atoms with Crippen LogP contribution in [0.1, 0.15) is 30.1 Å². The highest BCUT2D eigenvalue weighted by molar-refractivity contribution is 6.30. The van der Waals surface area contributed by atoms with Crippen LogP contribution in [0.3, 0.4) is 0 Å². The van der Waals surface area contributed by atoms with E-state index in [0.717, 1.165) is 41.9 Å². The highest BCUT2D eigenvalue weighted by atomic mass is 35.5. The molecule has 1 unspecified atom stereocenters. The van der Waals surface area contributed by atoms with Crippen LogP contribution in [0.25, 0.3) is 11.0 Å². The smallest absolute Gasteiger partial charge is 0.321 e. The first-order valence-electron chi connectivity index (χ1n) is 8.86. The second-order valence-electron chi connectivity index (χ2n) is 6.86. The number of piperidine rings is 1. The van der Waals surface area contributed by atoms with E-state index in [0.29, 0.717) is 11.6 Å². The first-order chi connectivity index (χ1) is 12.6. The number of fused-ring (bicyclic) bond motifs is 1. The first-order valence-corrected chi connectivity index (χ1v) is 9.24. The molecule has 0 radical (unpaired) electrons. The zero-order chi connectivity index (χ0) is 18.1. The normalized spacial score (nSPS) is 17.5. The number of amides is 2. The number of H-pyrrole nitrogens is 1. The summed E-state index contributed by atoms with van der Waals surface area (Å²) >= 11 is 5.89. The summed E-state index contributed by atoms with van der Waals surface area (Å²) in [5.74, 6) is 1.20. The molecule has 5 nitrogen and oxygen atoms in total. The van der Waals surface area contributed by atoms with Gasteiger partial charge in [-0.05, 0) is 61.7 Å². The van der Waals surface area contributed by atoms with Crippen molar-refractivity contribution in [2.24, 2.45) is 0 Å². The number of carbonyl (C=O) groups is 1. The minimum Gasteiger partial charge on any atom is -0.342 e. The molecule has 1 aliphatic heterocycles. The predicted molar refractivity (Wildman–Crippen MR) is 105 cm³/mol. The van der Waals surface area contributed by atoms with Gasteiger partial charge >= 0.3 is 6.03 Å². The molecule has 0 bridgehead atoms. The summed E-state index contributed by atoms with van der Waals surface area (Å²) in [6.45, 7) is 3.50. The minimum absolute atomic E-state index is 0.0796. The fourth-order valence-electron chi connectivity index (χ4n) is 3.46. The Balaban J connectivity index is 1.47. The molecule has 2 amide bonds. The van der Waals surface area contributed by atoms with Gasteiger partial charge in [-0.2, -0.15) is 0 Å². The van der Waals surface area contributed by atoms with Crippen LogP contribution in [0.4, 0.5) is 10.5 Å². The molecule has 0 spiro atoms. The number of hydrogen-bond acceptors (Lipinski definition) is 2. The van der Waals surface area contributed by atoms with Gasteiger partial charge in [0, 0.05) is 29.7 Å². The van der Waals surface area contributed by atoms with Crippen molar-refractivity contribution in [3.05, 3.63) is 58.9 Å². The molecule has 1 atom stereocenters. The molecule has 4 rings (SSSR count). The monoisotopic (exact) mass is 368 g/mol. The van der Waals surface area contributed by atoms with E-state index in [4.69, 9.17) is 16.6 Å². The molecule has 3 aromatic rings. The fourth-order valence-corrected chi connectivity index (χ4v) is 3.58. The van der Waals surface area contributed by atoms with Gasteiger partial charge in [-0.25, -0.2) is 9.78 Å². The number of carbonyl (C=O) groups excluding carboxylic acids is 1. The number of likely N-dealkylation sites (tertiary alicyclic amines) is 1. The zero-order valence-electron chi connectivity index (χ0n) is 14.6. The number of aromatic amines is 1. The van der Waals surface area contributed by atoms with Crippen LogP contribution in [0.2, 0.25) is 5.02 Å². The third-order valence-electron chi connectivity index (χ3n) is 4.85. The summed E-state index contributed by atoms with van der Waals surface area (Å²) in [5.41, 5.74) is 4.00. The number of benzene rings is 2. The highest BCUT2D eigenvalue weighted by Crippen LogP contribution is 2.27. The maximum absolute atomic E-state index is 12.6. The maximum atomic E-state index is 12.6. The van der Waals surface area contributed by atoms with E-state index in [-0.39, 0.29) is 11.9 Å². The van der Waals surface area contributed by atoms with Crippen molar-refractivity contribution >= 4 is 34.4 Å². The molecule has 1 fully saturated rings. The predicted octanol–water partition coefficient (Wildman–Crippen LogP) is 4.94. The van der Waals surface area contributed by atoms with Crippen LogP contribution < -0.4 is 5.32 Å². The standard InChI is InChI=1S/C20H21ClN4O/c1-13-4-9-17-18(11-13)24-19(23-17)14-3-2-10-25(12-14)20(26)22-16-7-5-15(21)6-8-16/h4-9,11,14H,2-3,10,12H2,1H3,(H,22,26)(H,23,24). The number of imidazole rings is 1. The van der Waals surface area contributed by atoms with E-state index >= 15 is 0 Å². The lowest BCUT2D eigenvalue weighted by Gasteiger charge is -2.31. The number of aromatic nitrogens is 2. The van der Waals surface area contributed by atoms with Gasteiger partial charge in [-0.15, -0.1) is 0 Å². The number of rotatable bonds is 2. The molecule has 1 saturated heterocycles. The van der Waals surface area contributed by atoms with E-state index in [9.17, 15) is 4.79 Å². The Morgan fingerprint density at radius 2 is 2.08 bits per heavy atom. The van der Waals surface area contributed by atoms with Crippen LogP contribution in [-0.4, -0.2) is 34.0 Å². The fraction of sp³-hybridized carbons (Fsp3) is 0.300. The molecular formula is C20H21ClN4O. The number of anilines is 1. The number of urea groups is 1.